The number of nitro groups is 1. The van der Waals surface area contributed by atoms with Crippen molar-refractivity contribution in [3.8, 4) is 0 Å². The number of rotatable bonds is 5. The lowest BCUT2D eigenvalue weighted by Gasteiger charge is -2.08. The summed E-state index contributed by atoms with van der Waals surface area (Å²) in [7, 11) is 3.05. The van der Waals surface area contributed by atoms with E-state index in [2.05, 4.69) is 4.98 Å². The van der Waals surface area contributed by atoms with Crippen LogP contribution in [0.1, 0.15) is 12.8 Å². The standard InChI is InChI=1S/C9H10N2O3S2/c12-6-9(3-4-9)16-15-8-2-1-7(5-10-8)11(13)14/h1-2,5,12H,3-4,6H2. The zero-order valence-electron chi connectivity index (χ0n) is 8.33. The average Bonchev–Trinajstić information content (AvgIpc) is 3.08. The molecule has 0 radical (unpaired) electrons. The molecular formula is C9H10N2O3S2. The van der Waals surface area contributed by atoms with E-state index in [4.69, 9.17) is 5.11 Å². The van der Waals surface area contributed by atoms with Crippen LogP contribution in [0.3, 0.4) is 0 Å². The fraction of sp³-hybridized carbons (Fsp3) is 0.444. The van der Waals surface area contributed by atoms with Gasteiger partial charge in [0.1, 0.15) is 11.2 Å². The van der Waals surface area contributed by atoms with Gasteiger partial charge in [-0.15, -0.1) is 0 Å². The highest BCUT2D eigenvalue weighted by Crippen LogP contribution is 2.54. The van der Waals surface area contributed by atoms with Crippen LogP contribution >= 0.6 is 21.6 Å². The lowest BCUT2D eigenvalue weighted by molar-refractivity contribution is -0.385. The van der Waals surface area contributed by atoms with E-state index in [1.54, 1.807) is 16.9 Å². The fourth-order valence-corrected chi connectivity index (χ4v) is 3.61. The summed E-state index contributed by atoms with van der Waals surface area (Å²) in [6.45, 7) is 0.178. The van der Waals surface area contributed by atoms with E-state index in [0.29, 0.717) is 0 Å². The highest BCUT2D eigenvalue weighted by atomic mass is 33.1. The molecule has 0 amide bonds. The molecule has 0 aromatic carbocycles. The van der Waals surface area contributed by atoms with Crippen molar-refractivity contribution < 1.29 is 10.0 Å². The minimum absolute atomic E-state index is 0.00218. The van der Waals surface area contributed by atoms with E-state index in [-0.39, 0.29) is 17.0 Å². The van der Waals surface area contributed by atoms with Gasteiger partial charge in [0.2, 0.25) is 0 Å². The first-order valence-corrected chi connectivity index (χ1v) is 6.87. The van der Waals surface area contributed by atoms with Crippen molar-refractivity contribution in [3.63, 3.8) is 0 Å². The molecule has 0 aliphatic heterocycles. The van der Waals surface area contributed by atoms with Crippen LogP contribution in [-0.2, 0) is 0 Å². The predicted octanol–water partition coefficient (Wildman–Crippen LogP) is 2.25. The molecule has 1 fully saturated rings. The van der Waals surface area contributed by atoms with Crippen molar-refractivity contribution in [2.24, 2.45) is 0 Å². The Morgan fingerprint density at radius 2 is 2.31 bits per heavy atom. The van der Waals surface area contributed by atoms with E-state index < -0.39 is 4.92 Å². The zero-order chi connectivity index (χ0) is 11.6. The summed E-state index contributed by atoms with van der Waals surface area (Å²) >= 11 is 0. The third-order valence-corrected chi connectivity index (χ3v) is 5.54. The first-order chi connectivity index (χ1) is 7.65. The maximum absolute atomic E-state index is 10.4. The Hall–Kier alpha value is -0.790. The summed E-state index contributed by atoms with van der Waals surface area (Å²) in [6.07, 6.45) is 3.30. The Balaban J connectivity index is 1.93. The molecular weight excluding hydrogens is 248 g/mol. The zero-order valence-corrected chi connectivity index (χ0v) is 9.96. The van der Waals surface area contributed by atoms with Gasteiger partial charge in [-0.05, 0) is 29.7 Å². The van der Waals surface area contributed by atoms with Gasteiger partial charge in [-0.3, -0.25) is 10.1 Å². The maximum atomic E-state index is 10.4. The monoisotopic (exact) mass is 258 g/mol. The Labute approximate surface area is 100 Å². The molecule has 1 N–H and O–H groups in total. The summed E-state index contributed by atoms with van der Waals surface area (Å²) in [6, 6.07) is 3.07. The predicted molar refractivity (Wildman–Crippen MR) is 63.4 cm³/mol. The van der Waals surface area contributed by atoms with Gasteiger partial charge in [0.25, 0.3) is 5.69 Å². The molecule has 1 aliphatic rings. The van der Waals surface area contributed by atoms with Gasteiger partial charge in [-0.2, -0.15) is 0 Å². The first-order valence-electron chi connectivity index (χ1n) is 4.72. The highest BCUT2D eigenvalue weighted by molar-refractivity contribution is 8.77. The maximum Gasteiger partial charge on any atom is 0.287 e. The minimum atomic E-state index is -0.468. The van der Waals surface area contributed by atoms with Crippen molar-refractivity contribution in [1.29, 1.82) is 0 Å². The van der Waals surface area contributed by atoms with Gasteiger partial charge in [-0.1, -0.05) is 10.8 Å². The smallest absolute Gasteiger partial charge is 0.287 e. The second-order valence-electron chi connectivity index (χ2n) is 3.62. The molecule has 0 spiro atoms. The summed E-state index contributed by atoms with van der Waals surface area (Å²) in [5.74, 6) is 0. The SMILES string of the molecule is O=[N+]([O-])c1ccc(SSC2(CO)CC2)nc1. The van der Waals surface area contributed by atoms with Crippen molar-refractivity contribution >= 4 is 27.3 Å². The number of pyridine rings is 1. The molecule has 0 atom stereocenters. The second kappa shape index (κ2) is 4.60. The topological polar surface area (TPSA) is 76.3 Å². The number of hydrogen-bond acceptors (Lipinski definition) is 6. The lowest BCUT2D eigenvalue weighted by atomic mass is 10.4. The summed E-state index contributed by atoms with van der Waals surface area (Å²) in [5.41, 5.74) is -0.00218. The largest absolute Gasteiger partial charge is 0.395 e. The number of nitrogens with zero attached hydrogens (tertiary/aromatic N) is 2. The van der Waals surface area contributed by atoms with Crippen LogP contribution in [0.15, 0.2) is 23.4 Å². The number of aliphatic hydroxyl groups excluding tert-OH is 1. The van der Waals surface area contributed by atoms with Crippen molar-refractivity contribution in [2.75, 3.05) is 6.61 Å². The molecule has 1 heterocycles. The third kappa shape index (κ3) is 2.66. The van der Waals surface area contributed by atoms with Gasteiger partial charge in [0, 0.05) is 10.8 Å². The van der Waals surface area contributed by atoms with Gasteiger partial charge < -0.3 is 5.11 Å². The number of hydrogen-bond donors (Lipinski definition) is 1. The van der Waals surface area contributed by atoms with E-state index in [0.717, 1.165) is 17.9 Å². The van der Waals surface area contributed by atoms with Gasteiger partial charge in [-0.25, -0.2) is 4.98 Å². The van der Waals surface area contributed by atoms with Crippen molar-refractivity contribution in [3.05, 3.63) is 28.4 Å². The van der Waals surface area contributed by atoms with Gasteiger partial charge in [0.15, 0.2) is 0 Å². The molecule has 86 valence electrons. The van der Waals surface area contributed by atoms with E-state index >= 15 is 0 Å². The molecule has 0 unspecified atom stereocenters. The minimum Gasteiger partial charge on any atom is -0.395 e. The molecule has 1 saturated carbocycles. The number of aromatic nitrogens is 1. The van der Waals surface area contributed by atoms with Crippen LogP contribution < -0.4 is 0 Å². The molecule has 0 bridgehead atoms. The molecule has 1 aliphatic carbocycles. The quantitative estimate of drug-likeness (QED) is 0.496. The first kappa shape index (κ1) is 11.7. The molecule has 2 rings (SSSR count). The molecule has 1 aromatic heterocycles. The lowest BCUT2D eigenvalue weighted by Crippen LogP contribution is -2.06. The molecule has 0 saturated heterocycles. The van der Waals surface area contributed by atoms with Crippen LogP contribution in [0.4, 0.5) is 5.69 Å². The number of aliphatic hydroxyl groups is 1. The van der Waals surface area contributed by atoms with Gasteiger partial charge in [0.05, 0.1) is 11.5 Å². The summed E-state index contributed by atoms with van der Waals surface area (Å²) < 4.78 is -0.00583. The van der Waals surface area contributed by atoms with Gasteiger partial charge >= 0.3 is 0 Å². The fourth-order valence-electron chi connectivity index (χ4n) is 1.07. The van der Waals surface area contributed by atoms with Crippen LogP contribution in [0, 0.1) is 10.1 Å². The normalized spacial score (nSPS) is 17.1. The van der Waals surface area contributed by atoms with Crippen molar-refractivity contribution in [2.45, 2.75) is 22.6 Å². The molecule has 1 aromatic rings. The Bertz CT molecular complexity index is 392. The summed E-state index contributed by atoms with van der Waals surface area (Å²) in [4.78, 5) is 13.9. The van der Waals surface area contributed by atoms with E-state index in [9.17, 15) is 10.1 Å². The second-order valence-corrected chi connectivity index (χ2v) is 6.24. The molecule has 5 nitrogen and oxygen atoms in total. The molecule has 16 heavy (non-hydrogen) atoms. The van der Waals surface area contributed by atoms with Crippen LogP contribution in [-0.4, -0.2) is 26.4 Å². The Morgan fingerprint density at radius 1 is 1.56 bits per heavy atom. The highest BCUT2D eigenvalue weighted by Gasteiger charge is 2.43. The van der Waals surface area contributed by atoms with Crippen LogP contribution in [0.25, 0.3) is 0 Å². The summed E-state index contributed by atoms with van der Waals surface area (Å²) in [5, 5.41) is 20.2. The Kier molecular flexibility index (Phi) is 3.36. The molecule has 7 heteroatoms. The average molecular weight is 258 g/mol. The Morgan fingerprint density at radius 3 is 2.75 bits per heavy atom. The third-order valence-electron chi connectivity index (χ3n) is 2.33. The van der Waals surface area contributed by atoms with Crippen LogP contribution in [0.5, 0.6) is 0 Å². The van der Waals surface area contributed by atoms with Crippen LogP contribution in [0.2, 0.25) is 0 Å². The van der Waals surface area contributed by atoms with E-state index in [1.807, 2.05) is 0 Å². The van der Waals surface area contributed by atoms with E-state index in [1.165, 1.54) is 23.1 Å². The van der Waals surface area contributed by atoms with Crippen molar-refractivity contribution in [1.82, 2.24) is 4.98 Å².